The summed E-state index contributed by atoms with van der Waals surface area (Å²) in [4.78, 5) is 0. The van der Waals surface area contributed by atoms with E-state index in [9.17, 15) is 0 Å². The average Bonchev–Trinajstić information content (AvgIpc) is 2.26. The van der Waals surface area contributed by atoms with Crippen LogP contribution in [-0.4, -0.2) is 68.8 Å². The molecule has 0 spiro atoms. The normalized spacial score (nSPS) is 27.2. The third-order valence-corrected chi connectivity index (χ3v) is 13.0. The molecule has 0 aromatic heterocycles. The molecule has 0 amide bonds. The van der Waals surface area contributed by atoms with Gasteiger partial charge in [-0.1, -0.05) is 0 Å². The van der Waals surface area contributed by atoms with Gasteiger partial charge in [-0.2, -0.15) is 0 Å². The Balaban J connectivity index is 0.000000325. The highest BCUT2D eigenvalue weighted by Crippen LogP contribution is 1.96. The van der Waals surface area contributed by atoms with Gasteiger partial charge in [-0.05, 0) is 19.6 Å². The van der Waals surface area contributed by atoms with Crippen LogP contribution in [0.4, 0.5) is 0 Å². The van der Waals surface area contributed by atoms with Crippen molar-refractivity contribution < 1.29 is 24.7 Å². The summed E-state index contributed by atoms with van der Waals surface area (Å²) in [6.45, 7) is 6.58. The van der Waals surface area contributed by atoms with Crippen molar-refractivity contribution >= 4 is 68.8 Å². The molecule has 16 heavy (non-hydrogen) atoms. The summed E-state index contributed by atoms with van der Waals surface area (Å²) >= 11 is 0. The molecule has 6 nitrogen and oxygen atoms in total. The molecule has 0 unspecified atom stereocenters. The van der Waals surface area contributed by atoms with Gasteiger partial charge in [-0.25, -0.2) is 0 Å². The van der Waals surface area contributed by atoms with E-state index >= 15 is 0 Å². The van der Waals surface area contributed by atoms with Crippen molar-refractivity contribution in [2.45, 2.75) is 19.6 Å². The Morgan fingerprint density at radius 2 is 0.938 bits per heavy atom. The lowest BCUT2D eigenvalue weighted by Crippen LogP contribution is -2.23. The van der Waals surface area contributed by atoms with Gasteiger partial charge in [0, 0.05) is 0 Å². The first-order valence-corrected chi connectivity index (χ1v) is 15.0. The molecule has 0 atom stereocenters. The van der Waals surface area contributed by atoms with Crippen molar-refractivity contribution in [1.82, 2.24) is 0 Å². The van der Waals surface area contributed by atoms with E-state index in [4.69, 9.17) is 24.7 Å². The Kier molecular flexibility index (Phi) is 12.3. The van der Waals surface area contributed by atoms with Crippen LogP contribution in [0.2, 0.25) is 19.6 Å². The van der Waals surface area contributed by atoms with E-state index in [1.807, 2.05) is 0 Å². The van der Waals surface area contributed by atoms with Gasteiger partial charge >= 0.3 is 0 Å². The van der Waals surface area contributed by atoms with Crippen LogP contribution in [0.25, 0.3) is 0 Å². The monoisotopic (exact) mass is 350 g/mol. The zero-order valence-electron chi connectivity index (χ0n) is 10.5. The second-order valence-electron chi connectivity index (χ2n) is 3.93. The van der Waals surface area contributed by atoms with E-state index in [1.54, 1.807) is 0 Å². The number of hydrogen-bond acceptors (Lipinski definition) is 6. The summed E-state index contributed by atoms with van der Waals surface area (Å²) in [6.07, 6.45) is 0. The fourth-order valence-electron chi connectivity index (χ4n) is 0.465. The first-order chi connectivity index (χ1) is 7.56. The maximum absolute atomic E-state index is 5.22. The van der Waals surface area contributed by atoms with Gasteiger partial charge in [0.1, 0.15) is 10.5 Å². The Morgan fingerprint density at radius 1 is 0.750 bits per heavy atom. The lowest BCUT2D eigenvalue weighted by atomic mass is 11.8. The average molecular weight is 351 g/mol. The zero-order chi connectivity index (χ0) is 12.3. The van der Waals surface area contributed by atoms with Crippen LogP contribution in [-0.2, 0) is 24.7 Å². The van der Waals surface area contributed by atoms with E-state index in [0.29, 0.717) is 0 Å². The maximum atomic E-state index is 5.22. The molecule has 1 aliphatic rings. The van der Waals surface area contributed by atoms with Crippen LogP contribution in [0.5, 0.6) is 0 Å². The first-order valence-electron chi connectivity index (χ1n) is 5.00. The standard InChI is InChI=1S/C3H12OSi2.H10O5Si5/c1-6(2,3)4-5;1-6-2-8-4-10-5-9-3-7-1/h1-3,5H3;6-10H2. The predicted molar refractivity (Wildman–Crippen MR) is 82.5 cm³/mol. The molecule has 13 heteroatoms. The van der Waals surface area contributed by atoms with Crippen LogP contribution in [0.3, 0.4) is 0 Å². The van der Waals surface area contributed by atoms with Crippen molar-refractivity contribution in [3.63, 3.8) is 0 Å². The van der Waals surface area contributed by atoms with E-state index in [2.05, 4.69) is 19.6 Å². The van der Waals surface area contributed by atoms with Crippen molar-refractivity contribution in [2.24, 2.45) is 0 Å². The Hall–Kier alpha value is 1.28. The molecule has 1 heterocycles. The van der Waals surface area contributed by atoms with Crippen molar-refractivity contribution in [1.29, 1.82) is 0 Å². The van der Waals surface area contributed by atoms with Gasteiger partial charge in [0.05, 0.1) is 0 Å². The van der Waals surface area contributed by atoms with E-state index in [1.165, 1.54) is 0 Å². The van der Waals surface area contributed by atoms with Crippen LogP contribution in [0.1, 0.15) is 0 Å². The van der Waals surface area contributed by atoms with Crippen molar-refractivity contribution in [3.8, 4) is 0 Å². The second-order valence-corrected chi connectivity index (χ2v) is 19.1. The fourth-order valence-corrected chi connectivity index (χ4v) is 9.49. The highest BCUT2D eigenvalue weighted by molar-refractivity contribution is 6.72. The number of rotatable bonds is 1. The summed E-state index contributed by atoms with van der Waals surface area (Å²) in [6, 6.07) is 0. The van der Waals surface area contributed by atoms with Crippen LogP contribution in [0, 0.1) is 0 Å². The SMILES string of the molecule is C[Si](C)(C)O[SiH3].O1[SiH2]O[SiH2]O[SiH2]O[SiH2]O[SiH2]1. The maximum Gasteiger partial charge on any atom is 0.286 e. The molecule has 0 aromatic carbocycles. The van der Waals surface area contributed by atoms with Gasteiger partial charge in [0.25, 0.3) is 50.0 Å². The van der Waals surface area contributed by atoms with Crippen molar-refractivity contribution in [2.75, 3.05) is 0 Å². The van der Waals surface area contributed by atoms with Gasteiger partial charge in [0.2, 0.25) is 0 Å². The molecule has 1 fully saturated rings. The summed E-state index contributed by atoms with van der Waals surface area (Å²) in [7, 11) is -3.78. The summed E-state index contributed by atoms with van der Waals surface area (Å²) in [5.41, 5.74) is 0. The molecule has 0 aromatic rings. The summed E-state index contributed by atoms with van der Waals surface area (Å²) in [5, 5.41) is 0. The van der Waals surface area contributed by atoms with Crippen LogP contribution >= 0.6 is 0 Å². The summed E-state index contributed by atoms with van der Waals surface area (Å²) in [5.74, 6) is 0. The van der Waals surface area contributed by atoms with Gasteiger partial charge in [-0.15, -0.1) is 0 Å². The molecular formula is C3H22O6Si7. The van der Waals surface area contributed by atoms with Crippen LogP contribution in [0.15, 0.2) is 0 Å². The van der Waals surface area contributed by atoms with Crippen LogP contribution < -0.4 is 0 Å². The topological polar surface area (TPSA) is 55.4 Å². The molecule has 0 saturated carbocycles. The first kappa shape index (κ1) is 17.3. The van der Waals surface area contributed by atoms with E-state index in [-0.39, 0.29) is 0 Å². The zero-order valence-corrected chi connectivity index (χ0v) is 20.6. The third-order valence-electron chi connectivity index (χ3n) is 1.45. The second kappa shape index (κ2) is 11.4. The van der Waals surface area contributed by atoms with E-state index in [0.717, 1.165) is 10.5 Å². The highest BCUT2D eigenvalue weighted by atomic mass is 28.4. The fraction of sp³-hybridized carbons (Fsp3) is 1.00. The van der Waals surface area contributed by atoms with Crippen molar-refractivity contribution in [3.05, 3.63) is 0 Å². The Labute approximate surface area is 113 Å². The lowest BCUT2D eigenvalue weighted by molar-refractivity contribution is 0.347. The number of hydrogen-bond donors (Lipinski definition) is 0. The molecule has 0 radical (unpaired) electrons. The van der Waals surface area contributed by atoms with Gasteiger partial charge < -0.3 is 24.7 Å². The molecule has 0 bridgehead atoms. The molecule has 1 aliphatic heterocycles. The predicted octanol–water partition coefficient (Wildman–Crippen LogP) is -4.80. The minimum Gasteiger partial charge on any atom is -0.464 e. The molecular weight excluding hydrogens is 329 g/mol. The highest BCUT2D eigenvalue weighted by Gasteiger charge is 2.08. The van der Waals surface area contributed by atoms with Gasteiger partial charge in [-0.3, -0.25) is 0 Å². The minimum atomic E-state index is -1.07. The minimum absolute atomic E-state index is 0.724. The van der Waals surface area contributed by atoms with Gasteiger partial charge in [0.15, 0.2) is 8.32 Å². The Bertz CT molecular complexity index is 120. The smallest absolute Gasteiger partial charge is 0.286 e. The van der Waals surface area contributed by atoms with E-state index < -0.39 is 58.4 Å². The molecule has 0 N–H and O–H groups in total. The summed E-state index contributed by atoms with van der Waals surface area (Å²) < 4.78 is 31.1. The molecule has 1 saturated heterocycles. The Morgan fingerprint density at radius 3 is 1.06 bits per heavy atom. The molecule has 0 aliphatic carbocycles. The third kappa shape index (κ3) is 15.3. The lowest BCUT2D eigenvalue weighted by Gasteiger charge is -2.11. The molecule has 98 valence electrons. The largest absolute Gasteiger partial charge is 0.464 e. The molecule has 1 rings (SSSR count). The quantitative estimate of drug-likeness (QED) is 0.442.